The largest absolute Gasteiger partial charge is 0.508 e. The molecule has 0 saturated heterocycles. The van der Waals surface area contributed by atoms with Gasteiger partial charge in [-0.25, -0.2) is 0 Å². The number of nitrogens with zero attached hydrogens (tertiary/aromatic N) is 1. The second-order valence-corrected chi connectivity index (χ2v) is 7.59. The number of aromatic hydroxyl groups is 1. The molecule has 3 aromatic carbocycles. The number of phenolic OH excluding ortho intramolecular Hbond substituents is 1. The molecule has 0 aromatic heterocycles. The Morgan fingerprint density at radius 3 is 1.97 bits per heavy atom. The van der Waals surface area contributed by atoms with Gasteiger partial charge in [0.05, 0.1) is 0 Å². The molecule has 5 heteroatoms. The number of carbonyl (C=O) groups is 1. The maximum absolute atomic E-state index is 10.5. The lowest BCUT2D eigenvalue weighted by molar-refractivity contribution is -0.114. The lowest BCUT2D eigenvalue weighted by Crippen LogP contribution is -2.22. The SMILES string of the molecule is CC(=O)Nc1ccc(O)cc1.CNCCCN1c2ccccc2CCc2ccccc21. The van der Waals surface area contributed by atoms with E-state index < -0.39 is 0 Å². The number of fused-ring (bicyclic) bond motifs is 2. The van der Waals surface area contributed by atoms with E-state index in [0.29, 0.717) is 5.69 Å². The van der Waals surface area contributed by atoms with Gasteiger partial charge in [-0.3, -0.25) is 4.79 Å². The Hall–Kier alpha value is -3.31. The van der Waals surface area contributed by atoms with Crippen molar-refractivity contribution in [3.05, 3.63) is 83.9 Å². The van der Waals surface area contributed by atoms with Crippen molar-refractivity contribution in [1.82, 2.24) is 5.32 Å². The van der Waals surface area contributed by atoms with Gasteiger partial charge in [0, 0.05) is 30.5 Å². The van der Waals surface area contributed by atoms with E-state index in [9.17, 15) is 4.79 Å². The molecule has 0 radical (unpaired) electrons. The molecule has 0 atom stereocenters. The molecule has 0 fully saturated rings. The van der Waals surface area contributed by atoms with Crippen molar-refractivity contribution in [2.24, 2.45) is 0 Å². The molecule has 3 N–H and O–H groups in total. The number of phenols is 1. The van der Waals surface area contributed by atoms with Crippen LogP contribution in [0, 0.1) is 0 Å². The Morgan fingerprint density at radius 2 is 1.45 bits per heavy atom. The van der Waals surface area contributed by atoms with Crippen LogP contribution in [-0.4, -0.2) is 31.2 Å². The van der Waals surface area contributed by atoms with Crippen molar-refractivity contribution in [1.29, 1.82) is 0 Å². The fourth-order valence-corrected chi connectivity index (χ4v) is 3.77. The van der Waals surface area contributed by atoms with E-state index in [1.54, 1.807) is 12.1 Å². The van der Waals surface area contributed by atoms with Crippen molar-refractivity contribution in [3.8, 4) is 5.75 Å². The zero-order valence-electron chi connectivity index (χ0n) is 18.3. The number of nitrogens with one attached hydrogen (secondary N) is 2. The van der Waals surface area contributed by atoms with Crippen molar-refractivity contribution >= 4 is 23.0 Å². The minimum atomic E-state index is -0.115. The first-order valence-corrected chi connectivity index (χ1v) is 10.7. The first-order chi connectivity index (χ1) is 15.1. The van der Waals surface area contributed by atoms with Gasteiger partial charge in [0.15, 0.2) is 0 Å². The highest BCUT2D eigenvalue weighted by molar-refractivity contribution is 5.88. The molecule has 1 heterocycles. The van der Waals surface area contributed by atoms with Crippen LogP contribution in [0.2, 0.25) is 0 Å². The van der Waals surface area contributed by atoms with Crippen LogP contribution < -0.4 is 15.5 Å². The molecule has 31 heavy (non-hydrogen) atoms. The van der Waals surface area contributed by atoms with Crippen LogP contribution in [0.25, 0.3) is 0 Å². The summed E-state index contributed by atoms with van der Waals surface area (Å²) >= 11 is 0. The van der Waals surface area contributed by atoms with E-state index in [1.165, 1.54) is 41.6 Å². The highest BCUT2D eigenvalue weighted by Gasteiger charge is 2.19. The molecule has 1 aliphatic rings. The fraction of sp³-hybridized carbons (Fsp3) is 0.269. The molecular formula is C26H31N3O2. The average molecular weight is 418 g/mol. The highest BCUT2D eigenvalue weighted by atomic mass is 16.3. The number of aryl methyl sites for hydroxylation is 2. The van der Waals surface area contributed by atoms with Crippen LogP contribution in [0.15, 0.2) is 72.8 Å². The monoisotopic (exact) mass is 417 g/mol. The van der Waals surface area contributed by atoms with Gasteiger partial charge in [0.2, 0.25) is 5.91 Å². The van der Waals surface area contributed by atoms with E-state index in [1.807, 2.05) is 7.05 Å². The van der Waals surface area contributed by atoms with Crippen LogP contribution in [-0.2, 0) is 17.6 Å². The fourth-order valence-electron chi connectivity index (χ4n) is 3.77. The second-order valence-electron chi connectivity index (χ2n) is 7.59. The molecule has 4 rings (SSSR count). The Kier molecular flexibility index (Phi) is 8.07. The number of hydrogen-bond acceptors (Lipinski definition) is 4. The zero-order chi connectivity index (χ0) is 22.1. The smallest absolute Gasteiger partial charge is 0.221 e. The van der Waals surface area contributed by atoms with Crippen molar-refractivity contribution < 1.29 is 9.90 Å². The van der Waals surface area contributed by atoms with Gasteiger partial charge < -0.3 is 20.6 Å². The van der Waals surface area contributed by atoms with Gasteiger partial charge >= 0.3 is 0 Å². The van der Waals surface area contributed by atoms with Crippen LogP contribution in [0.1, 0.15) is 24.5 Å². The third-order valence-electron chi connectivity index (χ3n) is 5.22. The molecule has 1 amide bonds. The second kappa shape index (κ2) is 11.2. The Bertz CT molecular complexity index is 938. The van der Waals surface area contributed by atoms with E-state index in [0.717, 1.165) is 32.4 Å². The van der Waals surface area contributed by atoms with Gasteiger partial charge in [-0.05, 0) is 80.4 Å². The number of carbonyl (C=O) groups excluding carboxylic acids is 1. The molecule has 0 saturated carbocycles. The molecule has 3 aromatic rings. The Balaban J connectivity index is 0.000000210. The number of hydrogen-bond donors (Lipinski definition) is 3. The molecule has 1 aliphatic heterocycles. The predicted octanol–water partition coefficient (Wildman–Crippen LogP) is 4.88. The molecule has 0 bridgehead atoms. The maximum atomic E-state index is 10.5. The van der Waals surface area contributed by atoms with Crippen molar-refractivity contribution in [3.63, 3.8) is 0 Å². The minimum Gasteiger partial charge on any atom is -0.508 e. The van der Waals surface area contributed by atoms with E-state index in [-0.39, 0.29) is 11.7 Å². The number of para-hydroxylation sites is 2. The van der Waals surface area contributed by atoms with Crippen LogP contribution in [0.5, 0.6) is 5.75 Å². The first kappa shape index (κ1) is 22.4. The molecule has 0 unspecified atom stereocenters. The molecular weight excluding hydrogens is 386 g/mol. The van der Waals surface area contributed by atoms with E-state index >= 15 is 0 Å². The summed E-state index contributed by atoms with van der Waals surface area (Å²) in [6, 6.07) is 24.0. The normalized spacial score (nSPS) is 12.0. The summed E-state index contributed by atoms with van der Waals surface area (Å²) in [5, 5.41) is 14.7. The van der Waals surface area contributed by atoms with Gasteiger partial charge in [-0.2, -0.15) is 0 Å². The summed E-state index contributed by atoms with van der Waals surface area (Å²) in [7, 11) is 2.02. The van der Waals surface area contributed by atoms with E-state index in [2.05, 4.69) is 64.1 Å². The van der Waals surface area contributed by atoms with E-state index in [4.69, 9.17) is 5.11 Å². The quantitative estimate of drug-likeness (QED) is 0.409. The van der Waals surface area contributed by atoms with Gasteiger partial charge in [0.1, 0.15) is 5.75 Å². The molecule has 5 nitrogen and oxygen atoms in total. The predicted molar refractivity (Wildman–Crippen MR) is 128 cm³/mol. The lowest BCUT2D eigenvalue weighted by atomic mass is 10.0. The van der Waals surface area contributed by atoms with Crippen molar-refractivity contribution in [2.75, 3.05) is 30.4 Å². The number of amides is 1. The minimum absolute atomic E-state index is 0.115. The van der Waals surface area contributed by atoms with Gasteiger partial charge in [-0.15, -0.1) is 0 Å². The van der Waals surface area contributed by atoms with Gasteiger partial charge in [0.25, 0.3) is 0 Å². The number of benzene rings is 3. The molecule has 0 spiro atoms. The standard InChI is InChI=1S/C18H22N2.C8H9NO2/c1-19-13-6-14-20-17-9-4-2-7-15(17)11-12-16-8-3-5-10-18(16)20;1-6(10)9-7-2-4-8(11)5-3-7/h2-5,7-10,19H,6,11-14H2,1H3;2-5,11H,1H3,(H,9,10). The van der Waals surface area contributed by atoms with Crippen molar-refractivity contribution in [2.45, 2.75) is 26.2 Å². The van der Waals surface area contributed by atoms with Crippen LogP contribution in [0.3, 0.4) is 0 Å². The summed E-state index contributed by atoms with van der Waals surface area (Å²) in [6.45, 7) is 3.56. The molecule has 0 aliphatic carbocycles. The van der Waals surface area contributed by atoms with Gasteiger partial charge in [-0.1, -0.05) is 36.4 Å². The zero-order valence-corrected chi connectivity index (χ0v) is 18.3. The third-order valence-corrected chi connectivity index (χ3v) is 5.22. The summed E-state index contributed by atoms with van der Waals surface area (Å²) < 4.78 is 0. The average Bonchev–Trinajstić information content (AvgIpc) is 2.93. The topological polar surface area (TPSA) is 64.6 Å². The summed E-state index contributed by atoms with van der Waals surface area (Å²) in [6.07, 6.45) is 3.42. The third kappa shape index (κ3) is 6.33. The first-order valence-electron chi connectivity index (χ1n) is 10.7. The summed E-state index contributed by atoms with van der Waals surface area (Å²) in [5.41, 5.74) is 6.39. The lowest BCUT2D eigenvalue weighted by Gasteiger charge is -2.27. The van der Waals surface area contributed by atoms with Crippen LogP contribution in [0.4, 0.5) is 17.1 Å². The molecule has 162 valence electrons. The summed E-state index contributed by atoms with van der Waals surface area (Å²) in [4.78, 5) is 13.0. The van der Waals surface area contributed by atoms with Crippen LogP contribution >= 0.6 is 0 Å². The number of anilines is 3. The maximum Gasteiger partial charge on any atom is 0.221 e. The summed E-state index contributed by atoms with van der Waals surface area (Å²) in [5.74, 6) is 0.0785. The highest BCUT2D eigenvalue weighted by Crippen LogP contribution is 2.35. The number of rotatable bonds is 5. The Labute approximate surface area is 184 Å². The Morgan fingerprint density at radius 1 is 0.903 bits per heavy atom.